The third-order valence-corrected chi connectivity index (χ3v) is 3.23. The molecule has 1 aliphatic rings. The van der Waals surface area contributed by atoms with Gasteiger partial charge in [0.15, 0.2) is 0 Å². The lowest BCUT2D eigenvalue weighted by molar-refractivity contribution is -0.384. The summed E-state index contributed by atoms with van der Waals surface area (Å²) in [5.41, 5.74) is 0.840. The van der Waals surface area contributed by atoms with Crippen LogP contribution < -0.4 is 5.32 Å². The molecular weight excluding hydrogens is 236 g/mol. The maximum Gasteiger partial charge on any atom is 0.310 e. The van der Waals surface area contributed by atoms with E-state index in [1.54, 1.807) is 12.1 Å². The Morgan fingerprint density at radius 3 is 2.94 bits per heavy atom. The maximum atomic E-state index is 11.6. The predicted molar refractivity (Wildman–Crippen MR) is 64.2 cm³/mol. The van der Waals surface area contributed by atoms with Crippen molar-refractivity contribution in [3.8, 4) is 0 Å². The minimum atomic E-state index is -0.432. The molecule has 1 aromatic rings. The molecule has 2 rings (SSSR count). The van der Waals surface area contributed by atoms with Gasteiger partial charge < -0.3 is 10.1 Å². The number of nitro benzene ring substituents is 1. The number of benzene rings is 1. The Balaban J connectivity index is 2.27. The SMILES string of the molecule is COC(=O)[C@H]1CNC[C@@H]1c1cccc([N+](=O)[O-])c1. The molecule has 1 aliphatic heterocycles. The topological polar surface area (TPSA) is 81.5 Å². The van der Waals surface area contributed by atoms with Crippen molar-refractivity contribution in [2.75, 3.05) is 20.2 Å². The van der Waals surface area contributed by atoms with E-state index in [1.807, 2.05) is 0 Å². The van der Waals surface area contributed by atoms with Crippen molar-refractivity contribution in [1.29, 1.82) is 0 Å². The van der Waals surface area contributed by atoms with Crippen molar-refractivity contribution < 1.29 is 14.5 Å². The van der Waals surface area contributed by atoms with Crippen molar-refractivity contribution in [2.24, 2.45) is 5.92 Å². The van der Waals surface area contributed by atoms with Gasteiger partial charge in [0.1, 0.15) is 0 Å². The summed E-state index contributed by atoms with van der Waals surface area (Å²) in [5, 5.41) is 13.9. The zero-order valence-electron chi connectivity index (χ0n) is 9.96. The third-order valence-electron chi connectivity index (χ3n) is 3.23. The molecule has 0 spiro atoms. The van der Waals surface area contributed by atoms with Crippen molar-refractivity contribution >= 4 is 11.7 Å². The molecule has 2 atom stereocenters. The molecule has 6 heteroatoms. The fourth-order valence-electron chi connectivity index (χ4n) is 2.30. The summed E-state index contributed by atoms with van der Waals surface area (Å²) in [6.07, 6.45) is 0. The van der Waals surface area contributed by atoms with Crippen LogP contribution in [0.25, 0.3) is 0 Å². The van der Waals surface area contributed by atoms with Crippen LogP contribution in [0.3, 0.4) is 0 Å². The average Bonchev–Trinajstić information content (AvgIpc) is 2.87. The molecule has 1 fully saturated rings. The number of esters is 1. The lowest BCUT2D eigenvalue weighted by atomic mass is 9.89. The molecule has 1 saturated heterocycles. The zero-order chi connectivity index (χ0) is 13.1. The minimum absolute atomic E-state index is 0.0445. The van der Waals surface area contributed by atoms with Crippen molar-refractivity contribution in [2.45, 2.75) is 5.92 Å². The molecule has 96 valence electrons. The molecule has 0 radical (unpaired) electrons. The summed E-state index contributed by atoms with van der Waals surface area (Å²) in [6.45, 7) is 1.17. The normalized spacial score (nSPS) is 22.7. The highest BCUT2D eigenvalue weighted by Gasteiger charge is 2.35. The number of hydrogen-bond acceptors (Lipinski definition) is 5. The monoisotopic (exact) mass is 250 g/mol. The first kappa shape index (κ1) is 12.5. The Morgan fingerprint density at radius 2 is 2.28 bits per heavy atom. The molecule has 18 heavy (non-hydrogen) atoms. The van der Waals surface area contributed by atoms with Crippen LogP contribution in [-0.4, -0.2) is 31.1 Å². The maximum absolute atomic E-state index is 11.6. The summed E-state index contributed by atoms with van der Waals surface area (Å²) in [4.78, 5) is 21.9. The van der Waals surface area contributed by atoms with Crippen molar-refractivity contribution in [1.82, 2.24) is 5.32 Å². The fourth-order valence-corrected chi connectivity index (χ4v) is 2.30. The van der Waals surface area contributed by atoms with Crippen LogP contribution in [0.4, 0.5) is 5.69 Å². The van der Waals surface area contributed by atoms with Crippen LogP contribution in [0.15, 0.2) is 24.3 Å². The van der Waals surface area contributed by atoms with Gasteiger partial charge >= 0.3 is 5.97 Å². The van der Waals surface area contributed by atoms with Gasteiger partial charge in [-0.25, -0.2) is 0 Å². The lowest BCUT2D eigenvalue weighted by Gasteiger charge is -2.16. The number of rotatable bonds is 3. The summed E-state index contributed by atoms with van der Waals surface area (Å²) >= 11 is 0. The molecule has 0 aliphatic carbocycles. The van der Waals surface area contributed by atoms with E-state index in [0.29, 0.717) is 13.1 Å². The quantitative estimate of drug-likeness (QED) is 0.493. The first-order valence-corrected chi connectivity index (χ1v) is 5.66. The Bertz CT molecular complexity index is 475. The number of methoxy groups -OCH3 is 1. The summed E-state index contributed by atoms with van der Waals surface area (Å²) in [6, 6.07) is 6.41. The lowest BCUT2D eigenvalue weighted by Crippen LogP contribution is -2.22. The number of ether oxygens (including phenoxy) is 1. The Morgan fingerprint density at radius 1 is 1.50 bits per heavy atom. The van der Waals surface area contributed by atoms with Gasteiger partial charge in [0, 0.05) is 31.1 Å². The van der Waals surface area contributed by atoms with Crippen molar-refractivity contribution in [3.05, 3.63) is 39.9 Å². The minimum Gasteiger partial charge on any atom is -0.469 e. The van der Waals surface area contributed by atoms with E-state index < -0.39 is 4.92 Å². The van der Waals surface area contributed by atoms with E-state index in [9.17, 15) is 14.9 Å². The van der Waals surface area contributed by atoms with Crippen LogP contribution in [-0.2, 0) is 9.53 Å². The Hall–Kier alpha value is -1.95. The summed E-state index contributed by atoms with van der Waals surface area (Å²) in [5.74, 6) is -0.633. The molecule has 0 aromatic heterocycles. The van der Waals surface area contributed by atoms with E-state index in [0.717, 1.165) is 5.56 Å². The number of nitrogens with zero attached hydrogens (tertiary/aromatic N) is 1. The van der Waals surface area contributed by atoms with Gasteiger partial charge in [-0.3, -0.25) is 14.9 Å². The summed E-state index contributed by atoms with van der Waals surface area (Å²) in [7, 11) is 1.35. The molecule has 0 saturated carbocycles. The van der Waals surface area contributed by atoms with Gasteiger partial charge in [0.25, 0.3) is 5.69 Å². The van der Waals surface area contributed by atoms with Gasteiger partial charge in [0.05, 0.1) is 18.0 Å². The van der Waals surface area contributed by atoms with Crippen LogP contribution in [0.5, 0.6) is 0 Å². The third kappa shape index (κ3) is 2.33. The van der Waals surface area contributed by atoms with Crippen LogP contribution >= 0.6 is 0 Å². The summed E-state index contributed by atoms with van der Waals surface area (Å²) < 4.78 is 4.75. The van der Waals surface area contributed by atoms with Gasteiger partial charge in [0.2, 0.25) is 0 Å². The second kappa shape index (κ2) is 5.14. The molecule has 0 amide bonds. The second-order valence-electron chi connectivity index (χ2n) is 4.25. The molecule has 1 N–H and O–H groups in total. The van der Waals surface area contributed by atoms with E-state index in [4.69, 9.17) is 4.74 Å². The number of nitro groups is 1. The highest BCUT2D eigenvalue weighted by Crippen LogP contribution is 2.30. The zero-order valence-corrected chi connectivity index (χ0v) is 9.96. The van der Waals surface area contributed by atoms with E-state index >= 15 is 0 Å². The van der Waals surface area contributed by atoms with Gasteiger partial charge in [-0.15, -0.1) is 0 Å². The van der Waals surface area contributed by atoms with Gasteiger partial charge in [-0.05, 0) is 5.56 Å². The van der Waals surface area contributed by atoms with Crippen LogP contribution in [0.2, 0.25) is 0 Å². The Kier molecular flexibility index (Phi) is 3.57. The van der Waals surface area contributed by atoms with Gasteiger partial charge in [-0.2, -0.15) is 0 Å². The van der Waals surface area contributed by atoms with E-state index in [-0.39, 0.29) is 23.5 Å². The van der Waals surface area contributed by atoms with Crippen molar-refractivity contribution in [3.63, 3.8) is 0 Å². The molecule has 0 bridgehead atoms. The molecule has 6 nitrogen and oxygen atoms in total. The van der Waals surface area contributed by atoms with Gasteiger partial charge in [-0.1, -0.05) is 12.1 Å². The average molecular weight is 250 g/mol. The Labute approximate surface area is 104 Å². The van der Waals surface area contributed by atoms with E-state index in [1.165, 1.54) is 19.2 Å². The molecular formula is C12H14N2O4. The molecule has 1 heterocycles. The second-order valence-corrected chi connectivity index (χ2v) is 4.25. The highest BCUT2D eigenvalue weighted by molar-refractivity contribution is 5.74. The predicted octanol–water partition coefficient (Wildman–Crippen LogP) is 1.07. The smallest absolute Gasteiger partial charge is 0.310 e. The first-order chi connectivity index (χ1) is 8.63. The number of carbonyl (C=O) groups is 1. The fraction of sp³-hybridized carbons (Fsp3) is 0.417. The molecule has 0 unspecified atom stereocenters. The number of carbonyl (C=O) groups excluding carboxylic acids is 1. The number of nitrogens with one attached hydrogen (secondary N) is 1. The van der Waals surface area contributed by atoms with Crippen LogP contribution in [0.1, 0.15) is 11.5 Å². The number of non-ortho nitro benzene ring substituents is 1. The number of hydrogen-bond donors (Lipinski definition) is 1. The van der Waals surface area contributed by atoms with Crippen LogP contribution in [0, 0.1) is 16.0 Å². The highest BCUT2D eigenvalue weighted by atomic mass is 16.6. The largest absolute Gasteiger partial charge is 0.469 e. The van der Waals surface area contributed by atoms with E-state index in [2.05, 4.69) is 5.32 Å². The standard InChI is InChI=1S/C12H14N2O4/c1-18-12(15)11-7-13-6-10(11)8-3-2-4-9(5-8)14(16)17/h2-5,10-11,13H,6-7H2,1H3/t10-,11+/m1/s1. The first-order valence-electron chi connectivity index (χ1n) is 5.66. The molecule has 1 aromatic carbocycles.